The zero-order valence-corrected chi connectivity index (χ0v) is 11.6. The van der Waals surface area contributed by atoms with E-state index in [4.69, 9.17) is 20.3 Å². The molecule has 0 aliphatic heterocycles. The molecule has 0 amide bonds. The lowest BCUT2D eigenvalue weighted by Gasteiger charge is -2.15. The summed E-state index contributed by atoms with van der Waals surface area (Å²) in [6.45, 7) is 3.51. The number of carboxylic acids is 1. The van der Waals surface area contributed by atoms with E-state index in [0.29, 0.717) is 11.5 Å². The first-order valence-corrected chi connectivity index (χ1v) is 6.29. The molecule has 5 nitrogen and oxygen atoms in total. The standard InChI is InChI=1S/C14H21NO4/c1-4-11(15)7-10-5-6-12(13(8-10)18-3)19-9(2)14(16)17/h5-6,8-9,11H,4,7,15H2,1-3H3,(H,16,17). The Balaban J connectivity index is 2.87. The summed E-state index contributed by atoms with van der Waals surface area (Å²) in [6.07, 6.45) is 0.732. The number of ether oxygens (including phenoxy) is 2. The van der Waals surface area contributed by atoms with Crippen LogP contribution < -0.4 is 15.2 Å². The van der Waals surface area contributed by atoms with Crippen molar-refractivity contribution in [3.8, 4) is 11.5 Å². The molecule has 0 saturated carbocycles. The fourth-order valence-electron chi connectivity index (χ4n) is 1.62. The monoisotopic (exact) mass is 267 g/mol. The average molecular weight is 267 g/mol. The average Bonchev–Trinajstić information content (AvgIpc) is 2.39. The molecule has 0 aliphatic rings. The van der Waals surface area contributed by atoms with Crippen LogP contribution in [0.3, 0.4) is 0 Å². The molecule has 0 aliphatic carbocycles. The first kappa shape index (κ1) is 15.3. The van der Waals surface area contributed by atoms with Crippen LogP contribution in [0.2, 0.25) is 0 Å². The molecular formula is C14H21NO4. The van der Waals surface area contributed by atoms with Gasteiger partial charge in [0, 0.05) is 6.04 Å². The summed E-state index contributed by atoms with van der Waals surface area (Å²) in [4.78, 5) is 10.8. The van der Waals surface area contributed by atoms with Gasteiger partial charge in [-0.05, 0) is 37.5 Å². The van der Waals surface area contributed by atoms with Gasteiger partial charge in [-0.3, -0.25) is 0 Å². The summed E-state index contributed by atoms with van der Waals surface area (Å²) in [5.41, 5.74) is 6.95. The normalized spacial score (nSPS) is 13.7. The molecule has 106 valence electrons. The minimum absolute atomic E-state index is 0.106. The number of nitrogens with two attached hydrogens (primary N) is 1. The number of rotatable bonds is 7. The maximum atomic E-state index is 10.8. The summed E-state index contributed by atoms with van der Waals surface area (Å²) < 4.78 is 10.6. The highest BCUT2D eigenvalue weighted by Gasteiger charge is 2.16. The van der Waals surface area contributed by atoms with Gasteiger partial charge in [0.2, 0.25) is 0 Å². The third-order valence-corrected chi connectivity index (χ3v) is 2.90. The molecule has 1 rings (SSSR count). The largest absolute Gasteiger partial charge is 0.493 e. The van der Waals surface area contributed by atoms with Gasteiger partial charge in [-0.1, -0.05) is 13.0 Å². The van der Waals surface area contributed by atoms with Crippen molar-refractivity contribution in [1.29, 1.82) is 0 Å². The number of hydrogen-bond acceptors (Lipinski definition) is 4. The molecule has 1 aromatic rings. The van der Waals surface area contributed by atoms with Gasteiger partial charge in [-0.15, -0.1) is 0 Å². The Kier molecular flexibility index (Phi) is 5.63. The maximum absolute atomic E-state index is 10.8. The number of carboxylic acid groups (broad SMARTS) is 1. The Labute approximate surface area is 113 Å². The van der Waals surface area contributed by atoms with Crippen LogP contribution in [0.4, 0.5) is 0 Å². The molecule has 0 saturated heterocycles. The summed E-state index contributed by atoms with van der Waals surface area (Å²) in [7, 11) is 1.52. The van der Waals surface area contributed by atoms with Gasteiger partial charge in [-0.25, -0.2) is 4.79 Å². The number of methoxy groups -OCH3 is 1. The SMILES string of the molecule is CCC(N)Cc1ccc(OC(C)C(=O)O)c(OC)c1. The molecule has 0 heterocycles. The van der Waals surface area contributed by atoms with Gasteiger partial charge in [-0.2, -0.15) is 0 Å². The Bertz CT molecular complexity index is 433. The lowest BCUT2D eigenvalue weighted by Crippen LogP contribution is -2.23. The van der Waals surface area contributed by atoms with Gasteiger partial charge >= 0.3 is 5.97 Å². The number of carbonyl (C=O) groups is 1. The van der Waals surface area contributed by atoms with E-state index < -0.39 is 12.1 Å². The van der Waals surface area contributed by atoms with Crippen molar-refractivity contribution in [3.63, 3.8) is 0 Å². The maximum Gasteiger partial charge on any atom is 0.344 e. The van der Waals surface area contributed by atoms with Crippen molar-refractivity contribution in [2.45, 2.75) is 38.8 Å². The van der Waals surface area contributed by atoms with Crippen LogP contribution in [0.15, 0.2) is 18.2 Å². The zero-order valence-electron chi connectivity index (χ0n) is 11.6. The van der Waals surface area contributed by atoms with E-state index in [-0.39, 0.29) is 6.04 Å². The third kappa shape index (κ3) is 4.44. The third-order valence-electron chi connectivity index (χ3n) is 2.90. The van der Waals surface area contributed by atoms with Gasteiger partial charge in [0.25, 0.3) is 0 Å². The van der Waals surface area contributed by atoms with Crippen LogP contribution in [0.5, 0.6) is 11.5 Å². The Morgan fingerprint density at radius 3 is 2.63 bits per heavy atom. The highest BCUT2D eigenvalue weighted by Crippen LogP contribution is 2.29. The molecule has 3 N–H and O–H groups in total. The van der Waals surface area contributed by atoms with Crippen molar-refractivity contribution in [2.75, 3.05) is 7.11 Å². The lowest BCUT2D eigenvalue weighted by molar-refractivity contribution is -0.144. The van der Waals surface area contributed by atoms with Crippen LogP contribution in [-0.4, -0.2) is 30.3 Å². The second kappa shape index (κ2) is 6.99. The minimum Gasteiger partial charge on any atom is -0.493 e. The van der Waals surface area contributed by atoms with Crippen molar-refractivity contribution in [2.24, 2.45) is 5.73 Å². The van der Waals surface area contributed by atoms with E-state index in [1.54, 1.807) is 6.07 Å². The fraction of sp³-hybridized carbons (Fsp3) is 0.500. The van der Waals surface area contributed by atoms with Crippen LogP contribution in [0, 0.1) is 0 Å². The molecule has 0 radical (unpaired) electrons. The first-order chi connectivity index (χ1) is 8.97. The number of aliphatic carboxylic acids is 1. The molecule has 1 aromatic carbocycles. The summed E-state index contributed by atoms with van der Waals surface area (Å²) >= 11 is 0. The van der Waals surface area contributed by atoms with Crippen molar-refractivity contribution in [1.82, 2.24) is 0 Å². The second-order valence-corrected chi connectivity index (χ2v) is 4.46. The van der Waals surface area contributed by atoms with E-state index in [9.17, 15) is 4.79 Å². The highest BCUT2D eigenvalue weighted by molar-refractivity contribution is 5.72. The van der Waals surface area contributed by atoms with Crippen LogP contribution in [0.1, 0.15) is 25.8 Å². The van der Waals surface area contributed by atoms with Gasteiger partial charge in [0.15, 0.2) is 17.6 Å². The summed E-state index contributed by atoms with van der Waals surface area (Å²) in [5.74, 6) is -0.0701. The molecular weight excluding hydrogens is 246 g/mol. The quantitative estimate of drug-likeness (QED) is 0.787. The molecule has 5 heteroatoms. The van der Waals surface area contributed by atoms with Gasteiger partial charge in [0.05, 0.1) is 7.11 Å². The number of hydrogen-bond donors (Lipinski definition) is 2. The van der Waals surface area contributed by atoms with E-state index in [2.05, 4.69) is 0 Å². The van der Waals surface area contributed by atoms with E-state index in [1.165, 1.54) is 14.0 Å². The molecule has 19 heavy (non-hydrogen) atoms. The molecule has 0 spiro atoms. The highest BCUT2D eigenvalue weighted by atomic mass is 16.5. The van der Waals surface area contributed by atoms with Crippen molar-refractivity contribution >= 4 is 5.97 Å². The van der Waals surface area contributed by atoms with Gasteiger partial charge in [0.1, 0.15) is 0 Å². The second-order valence-electron chi connectivity index (χ2n) is 4.46. The molecule has 2 atom stereocenters. The Morgan fingerprint density at radius 1 is 1.42 bits per heavy atom. The van der Waals surface area contributed by atoms with E-state index >= 15 is 0 Å². The lowest BCUT2D eigenvalue weighted by atomic mass is 10.0. The topological polar surface area (TPSA) is 81.8 Å². The molecule has 0 fully saturated rings. The fourth-order valence-corrected chi connectivity index (χ4v) is 1.62. The molecule has 0 bridgehead atoms. The predicted molar refractivity (Wildman–Crippen MR) is 72.7 cm³/mol. The molecule has 0 aromatic heterocycles. The predicted octanol–water partition coefficient (Wildman–Crippen LogP) is 1.83. The van der Waals surface area contributed by atoms with Crippen molar-refractivity contribution < 1.29 is 19.4 Å². The van der Waals surface area contributed by atoms with E-state index in [1.807, 2.05) is 19.1 Å². The Morgan fingerprint density at radius 2 is 2.11 bits per heavy atom. The summed E-state index contributed by atoms with van der Waals surface area (Å²) in [6, 6.07) is 5.53. The van der Waals surface area contributed by atoms with E-state index in [0.717, 1.165) is 18.4 Å². The zero-order chi connectivity index (χ0) is 14.4. The van der Waals surface area contributed by atoms with Crippen LogP contribution >= 0.6 is 0 Å². The van der Waals surface area contributed by atoms with Crippen LogP contribution in [0.25, 0.3) is 0 Å². The van der Waals surface area contributed by atoms with Crippen LogP contribution in [-0.2, 0) is 11.2 Å². The summed E-state index contributed by atoms with van der Waals surface area (Å²) in [5, 5.41) is 8.83. The Hall–Kier alpha value is -1.75. The molecule has 2 unspecified atom stereocenters. The first-order valence-electron chi connectivity index (χ1n) is 6.29. The minimum atomic E-state index is -1.01. The number of benzene rings is 1. The van der Waals surface area contributed by atoms with Crippen molar-refractivity contribution in [3.05, 3.63) is 23.8 Å². The smallest absolute Gasteiger partial charge is 0.344 e. The van der Waals surface area contributed by atoms with Gasteiger partial charge < -0.3 is 20.3 Å².